The zero-order valence-electron chi connectivity index (χ0n) is 11.2. The first kappa shape index (κ1) is 11.3. The molecule has 3 aromatic rings. The van der Waals surface area contributed by atoms with Gasteiger partial charge in [0.05, 0.1) is 18.1 Å². The van der Waals surface area contributed by atoms with Gasteiger partial charge in [0.1, 0.15) is 11.6 Å². The number of anilines is 1. The maximum Gasteiger partial charge on any atom is 0.138 e. The number of nitrogens with zero attached hydrogens (tertiary/aromatic N) is 1. The Labute approximate surface area is 116 Å². The molecule has 2 heterocycles. The molecule has 100 valence electrons. The zero-order valence-corrected chi connectivity index (χ0v) is 11.2. The quantitative estimate of drug-likeness (QED) is 0.748. The highest BCUT2D eigenvalue weighted by atomic mass is 16.5. The van der Waals surface area contributed by atoms with Crippen molar-refractivity contribution in [3.05, 3.63) is 42.0 Å². The van der Waals surface area contributed by atoms with E-state index in [4.69, 9.17) is 4.74 Å². The molecule has 0 fully saturated rings. The van der Waals surface area contributed by atoms with E-state index in [1.165, 1.54) is 11.3 Å². The standard InChI is InChI=1S/C16H15N3O/c1-20-12-3-5-14-15(9-12)19-16(18-14)11-2-4-13-10(8-11)6-7-17-13/h2-5,8-9,17H,6-7H2,1H3,(H,18,19). The van der Waals surface area contributed by atoms with E-state index in [2.05, 4.69) is 33.5 Å². The summed E-state index contributed by atoms with van der Waals surface area (Å²) in [7, 11) is 1.67. The number of aromatic nitrogens is 2. The van der Waals surface area contributed by atoms with E-state index < -0.39 is 0 Å². The van der Waals surface area contributed by atoms with Gasteiger partial charge in [-0.2, -0.15) is 0 Å². The van der Waals surface area contributed by atoms with Crippen molar-refractivity contribution in [3.8, 4) is 17.1 Å². The van der Waals surface area contributed by atoms with Crippen LogP contribution in [-0.4, -0.2) is 23.6 Å². The molecular formula is C16H15N3O. The van der Waals surface area contributed by atoms with E-state index in [-0.39, 0.29) is 0 Å². The predicted octanol–water partition coefficient (Wildman–Crippen LogP) is 3.21. The van der Waals surface area contributed by atoms with Crippen LogP contribution in [0.25, 0.3) is 22.4 Å². The Morgan fingerprint density at radius 3 is 3.00 bits per heavy atom. The summed E-state index contributed by atoms with van der Waals surface area (Å²) in [6.07, 6.45) is 1.08. The zero-order chi connectivity index (χ0) is 13.5. The van der Waals surface area contributed by atoms with Crippen molar-refractivity contribution in [1.29, 1.82) is 0 Å². The maximum atomic E-state index is 5.24. The number of imidazole rings is 1. The number of hydrogen-bond acceptors (Lipinski definition) is 3. The van der Waals surface area contributed by atoms with E-state index in [0.29, 0.717) is 0 Å². The van der Waals surface area contributed by atoms with Gasteiger partial charge in [-0.1, -0.05) is 0 Å². The summed E-state index contributed by atoms with van der Waals surface area (Å²) >= 11 is 0. The fourth-order valence-electron chi connectivity index (χ4n) is 2.70. The van der Waals surface area contributed by atoms with Crippen LogP contribution in [0.5, 0.6) is 5.75 Å². The topological polar surface area (TPSA) is 49.9 Å². The van der Waals surface area contributed by atoms with Crippen molar-refractivity contribution >= 4 is 16.7 Å². The van der Waals surface area contributed by atoms with Crippen LogP contribution in [0, 0.1) is 0 Å². The smallest absolute Gasteiger partial charge is 0.138 e. The second-order valence-corrected chi connectivity index (χ2v) is 5.02. The van der Waals surface area contributed by atoms with Crippen LogP contribution in [0.1, 0.15) is 5.56 Å². The summed E-state index contributed by atoms with van der Waals surface area (Å²) in [4.78, 5) is 8.02. The molecule has 0 aliphatic carbocycles. The summed E-state index contributed by atoms with van der Waals surface area (Å²) in [5.41, 5.74) is 5.69. The summed E-state index contributed by atoms with van der Waals surface area (Å²) in [5, 5.41) is 3.37. The minimum atomic E-state index is 0.839. The van der Waals surface area contributed by atoms with Gasteiger partial charge in [0, 0.05) is 23.9 Å². The summed E-state index contributed by atoms with van der Waals surface area (Å²) < 4.78 is 5.24. The van der Waals surface area contributed by atoms with Crippen LogP contribution < -0.4 is 10.1 Å². The van der Waals surface area contributed by atoms with Crippen LogP contribution in [-0.2, 0) is 6.42 Å². The maximum absolute atomic E-state index is 5.24. The predicted molar refractivity (Wildman–Crippen MR) is 80.3 cm³/mol. The average molecular weight is 265 g/mol. The van der Waals surface area contributed by atoms with E-state index in [1.807, 2.05) is 18.2 Å². The van der Waals surface area contributed by atoms with Crippen LogP contribution in [0.15, 0.2) is 36.4 Å². The van der Waals surface area contributed by atoms with Gasteiger partial charge >= 0.3 is 0 Å². The Morgan fingerprint density at radius 2 is 2.10 bits per heavy atom. The first-order valence-corrected chi connectivity index (χ1v) is 6.74. The van der Waals surface area contributed by atoms with Crippen molar-refractivity contribution in [2.24, 2.45) is 0 Å². The lowest BCUT2D eigenvalue weighted by Crippen LogP contribution is -1.90. The molecule has 2 aromatic carbocycles. The van der Waals surface area contributed by atoms with E-state index in [9.17, 15) is 0 Å². The highest BCUT2D eigenvalue weighted by Crippen LogP contribution is 2.29. The van der Waals surface area contributed by atoms with Crippen molar-refractivity contribution < 1.29 is 4.74 Å². The van der Waals surface area contributed by atoms with E-state index in [0.717, 1.165) is 41.1 Å². The second-order valence-electron chi connectivity index (χ2n) is 5.02. The number of H-pyrrole nitrogens is 1. The molecule has 4 heteroatoms. The number of benzene rings is 2. The molecule has 0 saturated heterocycles. The molecule has 1 aliphatic rings. The lowest BCUT2D eigenvalue weighted by molar-refractivity contribution is 0.415. The fourth-order valence-corrected chi connectivity index (χ4v) is 2.70. The van der Waals surface area contributed by atoms with Gasteiger partial charge in [-0.3, -0.25) is 0 Å². The average Bonchev–Trinajstić information content (AvgIpc) is 3.11. The molecular weight excluding hydrogens is 250 g/mol. The molecule has 1 aliphatic heterocycles. The van der Waals surface area contributed by atoms with Gasteiger partial charge in [0.15, 0.2) is 0 Å². The third-order valence-corrected chi connectivity index (χ3v) is 3.78. The first-order chi connectivity index (χ1) is 9.83. The van der Waals surface area contributed by atoms with Crippen LogP contribution in [0.4, 0.5) is 5.69 Å². The molecule has 0 unspecified atom stereocenters. The monoisotopic (exact) mass is 265 g/mol. The van der Waals surface area contributed by atoms with Crippen molar-refractivity contribution in [1.82, 2.24) is 9.97 Å². The Bertz CT molecular complexity index is 792. The Kier molecular flexibility index (Phi) is 2.42. The molecule has 0 radical (unpaired) electrons. The van der Waals surface area contributed by atoms with Crippen LogP contribution >= 0.6 is 0 Å². The van der Waals surface area contributed by atoms with Crippen molar-refractivity contribution in [2.75, 3.05) is 19.0 Å². The van der Waals surface area contributed by atoms with Crippen molar-refractivity contribution in [2.45, 2.75) is 6.42 Å². The Balaban J connectivity index is 1.81. The molecule has 20 heavy (non-hydrogen) atoms. The van der Waals surface area contributed by atoms with Gasteiger partial charge in [0.2, 0.25) is 0 Å². The highest BCUT2D eigenvalue weighted by molar-refractivity contribution is 5.81. The Hall–Kier alpha value is -2.49. The van der Waals surface area contributed by atoms with Gasteiger partial charge in [-0.05, 0) is 42.3 Å². The number of nitrogens with one attached hydrogen (secondary N) is 2. The van der Waals surface area contributed by atoms with Crippen molar-refractivity contribution in [3.63, 3.8) is 0 Å². The number of rotatable bonds is 2. The third-order valence-electron chi connectivity index (χ3n) is 3.78. The van der Waals surface area contributed by atoms with E-state index in [1.54, 1.807) is 7.11 Å². The van der Waals surface area contributed by atoms with Crippen LogP contribution in [0.3, 0.4) is 0 Å². The lowest BCUT2D eigenvalue weighted by atomic mass is 10.1. The molecule has 4 nitrogen and oxygen atoms in total. The lowest BCUT2D eigenvalue weighted by Gasteiger charge is -2.01. The summed E-state index contributed by atoms with van der Waals surface area (Å²) in [5.74, 6) is 1.74. The molecule has 1 aromatic heterocycles. The first-order valence-electron chi connectivity index (χ1n) is 6.74. The summed E-state index contributed by atoms with van der Waals surface area (Å²) in [6.45, 7) is 1.02. The fraction of sp³-hybridized carbons (Fsp3) is 0.188. The normalized spacial score (nSPS) is 13.2. The largest absolute Gasteiger partial charge is 0.497 e. The van der Waals surface area contributed by atoms with Gasteiger partial charge in [-0.15, -0.1) is 0 Å². The highest BCUT2D eigenvalue weighted by Gasteiger charge is 2.12. The molecule has 2 N–H and O–H groups in total. The number of methoxy groups -OCH3 is 1. The number of fused-ring (bicyclic) bond motifs is 2. The van der Waals surface area contributed by atoms with Gasteiger partial charge < -0.3 is 15.0 Å². The molecule has 0 spiro atoms. The van der Waals surface area contributed by atoms with Gasteiger partial charge in [0.25, 0.3) is 0 Å². The number of aromatic amines is 1. The van der Waals surface area contributed by atoms with E-state index >= 15 is 0 Å². The molecule has 0 bridgehead atoms. The summed E-state index contributed by atoms with van der Waals surface area (Å²) in [6, 6.07) is 12.3. The minimum Gasteiger partial charge on any atom is -0.497 e. The number of ether oxygens (including phenoxy) is 1. The number of hydrogen-bond donors (Lipinski definition) is 2. The minimum absolute atomic E-state index is 0.839. The molecule has 0 saturated carbocycles. The second kappa shape index (κ2) is 4.27. The van der Waals surface area contributed by atoms with Gasteiger partial charge in [-0.25, -0.2) is 4.98 Å². The van der Waals surface area contributed by atoms with Crippen LogP contribution in [0.2, 0.25) is 0 Å². The molecule has 0 amide bonds. The third kappa shape index (κ3) is 1.72. The SMILES string of the molecule is COc1ccc2nc(-c3ccc4c(c3)CCN4)[nH]c2c1. The molecule has 0 atom stereocenters. The molecule has 4 rings (SSSR count). The Morgan fingerprint density at radius 1 is 1.15 bits per heavy atom.